The van der Waals surface area contributed by atoms with Gasteiger partial charge < -0.3 is 5.32 Å². The van der Waals surface area contributed by atoms with Crippen molar-refractivity contribution in [2.45, 2.75) is 47.0 Å². The molecule has 0 saturated heterocycles. The van der Waals surface area contributed by atoms with E-state index in [1.807, 2.05) is 7.05 Å². The molecule has 0 amide bonds. The highest BCUT2D eigenvalue weighted by Crippen LogP contribution is 2.35. The number of hydrogen-bond acceptors (Lipinski definition) is 1. The first-order valence-corrected chi connectivity index (χ1v) is 5.21. The van der Waals surface area contributed by atoms with Gasteiger partial charge in [-0.2, -0.15) is 0 Å². The zero-order valence-corrected chi connectivity index (χ0v) is 9.41. The van der Waals surface area contributed by atoms with E-state index in [2.05, 4.69) is 33.0 Å². The summed E-state index contributed by atoms with van der Waals surface area (Å²) in [6, 6.07) is 0. The van der Waals surface area contributed by atoms with Crippen molar-refractivity contribution in [2.24, 2.45) is 11.3 Å². The molecule has 0 aliphatic heterocycles. The van der Waals surface area contributed by atoms with Crippen molar-refractivity contribution < 1.29 is 0 Å². The Morgan fingerprint density at radius 2 is 1.83 bits per heavy atom. The highest BCUT2D eigenvalue weighted by atomic mass is 14.8. The van der Waals surface area contributed by atoms with Gasteiger partial charge in [0.25, 0.3) is 0 Å². The van der Waals surface area contributed by atoms with Gasteiger partial charge >= 0.3 is 0 Å². The summed E-state index contributed by atoms with van der Waals surface area (Å²) in [6.45, 7) is 10.5. The maximum Gasteiger partial charge on any atom is -0.00466 e. The highest BCUT2D eigenvalue weighted by Gasteiger charge is 2.26. The molecule has 0 heterocycles. The van der Waals surface area contributed by atoms with Gasteiger partial charge in [0.15, 0.2) is 0 Å². The van der Waals surface area contributed by atoms with Crippen LogP contribution in [0.3, 0.4) is 0 Å². The smallest absolute Gasteiger partial charge is 0.00466 e. The van der Waals surface area contributed by atoms with Crippen LogP contribution in [0.4, 0.5) is 0 Å². The maximum atomic E-state index is 3.24. The summed E-state index contributed by atoms with van der Waals surface area (Å²) in [5.74, 6) is 0.797. The molecule has 0 aromatic carbocycles. The second-order valence-electron chi connectivity index (χ2n) is 4.41. The monoisotopic (exact) mass is 171 g/mol. The second-order valence-corrected chi connectivity index (χ2v) is 4.41. The van der Waals surface area contributed by atoms with Crippen molar-refractivity contribution in [3.05, 3.63) is 0 Å². The van der Waals surface area contributed by atoms with E-state index < -0.39 is 0 Å². The van der Waals surface area contributed by atoms with E-state index in [1.54, 1.807) is 0 Å². The van der Waals surface area contributed by atoms with Gasteiger partial charge in [0.2, 0.25) is 0 Å². The first-order chi connectivity index (χ1) is 5.56. The molecule has 0 aromatic heterocycles. The van der Waals surface area contributed by atoms with Crippen LogP contribution >= 0.6 is 0 Å². The summed E-state index contributed by atoms with van der Waals surface area (Å²) >= 11 is 0. The van der Waals surface area contributed by atoms with Crippen LogP contribution < -0.4 is 5.32 Å². The summed E-state index contributed by atoms with van der Waals surface area (Å²) in [4.78, 5) is 0. The van der Waals surface area contributed by atoms with Crippen LogP contribution in [-0.2, 0) is 0 Å². The minimum atomic E-state index is 0.539. The Bertz CT molecular complexity index is 110. The van der Waals surface area contributed by atoms with Gasteiger partial charge in [-0.1, -0.05) is 34.1 Å². The van der Waals surface area contributed by atoms with E-state index in [1.165, 1.54) is 19.3 Å². The van der Waals surface area contributed by atoms with Gasteiger partial charge in [-0.05, 0) is 37.8 Å². The molecule has 0 aromatic rings. The van der Waals surface area contributed by atoms with Gasteiger partial charge in [-0.25, -0.2) is 0 Å². The van der Waals surface area contributed by atoms with Gasteiger partial charge in [0, 0.05) is 0 Å². The van der Waals surface area contributed by atoms with E-state index >= 15 is 0 Å². The predicted octanol–water partition coefficient (Wildman–Crippen LogP) is 3.06. The van der Waals surface area contributed by atoms with Crippen molar-refractivity contribution in [1.29, 1.82) is 0 Å². The average Bonchev–Trinajstić information content (AvgIpc) is 2.01. The fourth-order valence-electron chi connectivity index (χ4n) is 1.68. The lowest BCUT2D eigenvalue weighted by Gasteiger charge is -2.33. The third-order valence-corrected chi connectivity index (χ3v) is 3.16. The Morgan fingerprint density at radius 3 is 2.17 bits per heavy atom. The number of nitrogens with one attached hydrogen (secondary N) is 1. The molecule has 0 aliphatic carbocycles. The van der Waals surface area contributed by atoms with E-state index in [9.17, 15) is 0 Å². The molecular formula is C11H25N. The molecule has 0 saturated carbocycles. The molecule has 0 bridgehead atoms. The van der Waals surface area contributed by atoms with Crippen molar-refractivity contribution >= 4 is 0 Å². The van der Waals surface area contributed by atoms with Crippen molar-refractivity contribution in [3.8, 4) is 0 Å². The lowest BCUT2D eigenvalue weighted by Crippen LogP contribution is -2.27. The van der Waals surface area contributed by atoms with Crippen LogP contribution in [0.1, 0.15) is 47.0 Å². The maximum absolute atomic E-state index is 3.24. The van der Waals surface area contributed by atoms with Gasteiger partial charge in [-0.15, -0.1) is 0 Å². The van der Waals surface area contributed by atoms with Gasteiger partial charge in [-0.3, -0.25) is 0 Å². The molecular weight excluding hydrogens is 146 g/mol. The lowest BCUT2D eigenvalue weighted by molar-refractivity contribution is 0.179. The Labute approximate surface area is 77.9 Å². The molecule has 0 spiro atoms. The summed E-state index contributed by atoms with van der Waals surface area (Å²) in [5.41, 5.74) is 0.539. The fraction of sp³-hybridized carbons (Fsp3) is 1.00. The van der Waals surface area contributed by atoms with Gasteiger partial charge in [0.05, 0.1) is 0 Å². The summed E-state index contributed by atoms with van der Waals surface area (Å²) in [6.07, 6.45) is 3.96. The van der Waals surface area contributed by atoms with Crippen molar-refractivity contribution in [2.75, 3.05) is 13.6 Å². The summed E-state index contributed by atoms with van der Waals surface area (Å²) in [7, 11) is 2.03. The predicted molar refractivity (Wildman–Crippen MR) is 56.4 cm³/mol. The van der Waals surface area contributed by atoms with Crippen LogP contribution in [0.5, 0.6) is 0 Å². The van der Waals surface area contributed by atoms with Crippen LogP contribution in [0.15, 0.2) is 0 Å². The molecule has 1 heteroatoms. The standard InChI is InChI=1S/C11H25N/c1-6-7-11(4,10(2)3)8-9-12-5/h10,12H,6-9H2,1-5H3. The van der Waals surface area contributed by atoms with Crippen LogP contribution in [-0.4, -0.2) is 13.6 Å². The quantitative estimate of drug-likeness (QED) is 0.647. The topological polar surface area (TPSA) is 12.0 Å². The summed E-state index contributed by atoms with van der Waals surface area (Å²) in [5, 5.41) is 3.24. The van der Waals surface area contributed by atoms with E-state index in [0.717, 1.165) is 12.5 Å². The highest BCUT2D eigenvalue weighted by molar-refractivity contribution is 4.77. The molecule has 0 fully saturated rings. The normalized spacial score (nSPS) is 16.5. The minimum Gasteiger partial charge on any atom is -0.320 e. The minimum absolute atomic E-state index is 0.539. The largest absolute Gasteiger partial charge is 0.320 e. The molecule has 74 valence electrons. The molecule has 12 heavy (non-hydrogen) atoms. The third-order valence-electron chi connectivity index (χ3n) is 3.16. The second kappa shape index (κ2) is 5.58. The summed E-state index contributed by atoms with van der Waals surface area (Å²) < 4.78 is 0. The Hall–Kier alpha value is -0.0400. The first-order valence-electron chi connectivity index (χ1n) is 5.21. The third kappa shape index (κ3) is 3.57. The van der Waals surface area contributed by atoms with Crippen molar-refractivity contribution in [1.82, 2.24) is 5.32 Å². The molecule has 1 unspecified atom stereocenters. The van der Waals surface area contributed by atoms with Crippen LogP contribution in [0.25, 0.3) is 0 Å². The fourth-order valence-corrected chi connectivity index (χ4v) is 1.68. The number of rotatable bonds is 6. The Balaban J connectivity index is 3.99. The molecule has 1 atom stereocenters. The molecule has 0 rings (SSSR count). The number of hydrogen-bond donors (Lipinski definition) is 1. The zero-order chi connectivity index (χ0) is 9.61. The van der Waals surface area contributed by atoms with E-state index in [0.29, 0.717) is 5.41 Å². The Morgan fingerprint density at radius 1 is 1.25 bits per heavy atom. The van der Waals surface area contributed by atoms with Crippen molar-refractivity contribution in [3.63, 3.8) is 0 Å². The van der Waals surface area contributed by atoms with E-state index in [-0.39, 0.29) is 0 Å². The van der Waals surface area contributed by atoms with Crippen LogP contribution in [0.2, 0.25) is 0 Å². The molecule has 0 radical (unpaired) electrons. The molecule has 1 nitrogen and oxygen atoms in total. The average molecular weight is 171 g/mol. The van der Waals surface area contributed by atoms with Gasteiger partial charge in [0.1, 0.15) is 0 Å². The Kier molecular flexibility index (Phi) is 5.56. The zero-order valence-electron chi connectivity index (χ0n) is 9.41. The van der Waals surface area contributed by atoms with Crippen LogP contribution in [0, 0.1) is 11.3 Å². The lowest BCUT2D eigenvalue weighted by atomic mass is 9.73. The molecule has 0 aliphatic rings. The first kappa shape index (κ1) is 12.0. The SMILES string of the molecule is CCCC(C)(CCNC)C(C)C. The van der Waals surface area contributed by atoms with E-state index in [4.69, 9.17) is 0 Å². The molecule has 1 N–H and O–H groups in total.